The van der Waals surface area contributed by atoms with Gasteiger partial charge in [0.25, 0.3) is 10.0 Å². The van der Waals surface area contributed by atoms with Crippen molar-refractivity contribution in [3.05, 3.63) is 59.7 Å². The molecule has 0 bridgehead atoms. The van der Waals surface area contributed by atoms with Gasteiger partial charge in [0.05, 0.1) is 4.90 Å². The Hall–Kier alpha value is -2.71. The normalized spacial score (nSPS) is 17.0. The molecule has 1 amide bonds. The zero-order valence-corrected chi connectivity index (χ0v) is 17.7. The monoisotopic (exact) mass is 414 g/mol. The van der Waals surface area contributed by atoms with Gasteiger partial charge in [-0.25, -0.2) is 8.42 Å². The first-order valence-corrected chi connectivity index (χ1v) is 11.1. The van der Waals surface area contributed by atoms with Crippen molar-refractivity contribution < 1.29 is 13.2 Å². The molecule has 3 rings (SSSR count). The summed E-state index contributed by atoms with van der Waals surface area (Å²) in [6.45, 7) is 8.60. The molecule has 2 N–H and O–H groups in total. The van der Waals surface area contributed by atoms with Crippen molar-refractivity contribution in [3.63, 3.8) is 0 Å². The highest BCUT2D eigenvalue weighted by Crippen LogP contribution is 2.22. The van der Waals surface area contributed by atoms with Crippen LogP contribution in [0.15, 0.2) is 58.4 Å². The van der Waals surface area contributed by atoms with Crippen LogP contribution in [0.5, 0.6) is 0 Å². The Morgan fingerprint density at radius 2 is 1.86 bits per heavy atom. The second-order valence-corrected chi connectivity index (χ2v) is 8.56. The van der Waals surface area contributed by atoms with Crippen LogP contribution in [0.2, 0.25) is 0 Å². The van der Waals surface area contributed by atoms with Gasteiger partial charge in [-0.05, 0) is 49.8 Å². The maximum atomic E-state index is 12.6. The summed E-state index contributed by atoms with van der Waals surface area (Å²) in [5.74, 6) is -0.111. The molecule has 1 aliphatic rings. The first kappa shape index (κ1) is 21.0. The van der Waals surface area contributed by atoms with Gasteiger partial charge in [-0.15, -0.1) is 0 Å². The molecule has 0 aromatic heterocycles. The Kier molecular flexibility index (Phi) is 6.34. The maximum absolute atomic E-state index is 12.6. The van der Waals surface area contributed by atoms with Crippen LogP contribution in [0.1, 0.15) is 31.9 Å². The van der Waals surface area contributed by atoms with Crippen LogP contribution in [0, 0.1) is 0 Å². The number of amidine groups is 1. The minimum Gasteiger partial charge on any atom is -0.324 e. The van der Waals surface area contributed by atoms with Crippen LogP contribution in [-0.2, 0) is 21.4 Å². The summed E-state index contributed by atoms with van der Waals surface area (Å²) in [7, 11) is -3.62. The smallest absolute Gasteiger partial charge is 0.263 e. The van der Waals surface area contributed by atoms with Gasteiger partial charge in [0.1, 0.15) is 11.9 Å². The van der Waals surface area contributed by atoms with E-state index in [-0.39, 0.29) is 16.6 Å². The second kappa shape index (κ2) is 8.75. The fourth-order valence-electron chi connectivity index (χ4n) is 3.18. The number of carbonyl (C=O) groups is 1. The lowest BCUT2D eigenvalue weighted by Crippen LogP contribution is -2.29. The highest BCUT2D eigenvalue weighted by atomic mass is 32.2. The number of nitrogens with zero attached hydrogens (tertiary/aromatic N) is 2. The van der Waals surface area contributed by atoms with Gasteiger partial charge in [-0.3, -0.25) is 19.4 Å². The third kappa shape index (κ3) is 4.83. The maximum Gasteiger partial charge on any atom is 0.263 e. The largest absolute Gasteiger partial charge is 0.324 e. The number of rotatable bonds is 7. The van der Waals surface area contributed by atoms with Crippen molar-refractivity contribution in [2.75, 3.05) is 18.4 Å². The lowest BCUT2D eigenvalue weighted by atomic mass is 10.1. The standard InChI is InChI=1S/C21H26N4O3S/c1-4-25(5-2)14-16-9-8-10-17(13-16)23-21(26)15(3)22-20-18-11-6-7-12-19(18)29(27,28)24-20/h6-13,15H,4-5,14H2,1-3H3,(H,22,24)(H,23,26)/t15-/m0/s1. The number of sulfonamides is 1. The van der Waals surface area contributed by atoms with Crippen LogP contribution in [-0.4, -0.2) is 44.2 Å². The minimum absolute atomic E-state index is 0.176. The Bertz CT molecular complexity index is 1030. The van der Waals surface area contributed by atoms with E-state index in [2.05, 4.69) is 33.8 Å². The van der Waals surface area contributed by atoms with Crippen molar-refractivity contribution in [2.45, 2.75) is 38.3 Å². The molecule has 2 aromatic carbocycles. The van der Waals surface area contributed by atoms with Crippen LogP contribution < -0.4 is 10.0 Å². The van der Waals surface area contributed by atoms with Crippen LogP contribution in [0.4, 0.5) is 5.69 Å². The number of nitrogens with one attached hydrogen (secondary N) is 2. The van der Waals surface area contributed by atoms with E-state index in [1.807, 2.05) is 24.3 Å². The van der Waals surface area contributed by atoms with Crippen molar-refractivity contribution in [3.8, 4) is 0 Å². The number of benzene rings is 2. The van der Waals surface area contributed by atoms with E-state index in [0.717, 1.165) is 25.2 Å². The molecule has 0 aliphatic carbocycles. The average Bonchev–Trinajstić information content (AvgIpc) is 2.96. The predicted molar refractivity (Wildman–Crippen MR) is 114 cm³/mol. The summed E-state index contributed by atoms with van der Waals surface area (Å²) in [5.41, 5.74) is 2.29. The fraction of sp³-hybridized carbons (Fsp3) is 0.333. The zero-order chi connectivity index (χ0) is 21.0. The van der Waals surface area contributed by atoms with Crippen LogP contribution in [0.25, 0.3) is 0 Å². The zero-order valence-electron chi connectivity index (χ0n) is 16.8. The molecule has 1 heterocycles. The van der Waals surface area contributed by atoms with Gasteiger partial charge in [-0.2, -0.15) is 0 Å². The molecule has 154 valence electrons. The highest BCUT2D eigenvalue weighted by Gasteiger charge is 2.31. The molecule has 0 saturated heterocycles. The number of anilines is 1. The van der Waals surface area contributed by atoms with Gasteiger partial charge >= 0.3 is 0 Å². The molecule has 2 aromatic rings. The Labute approximate surface area is 171 Å². The Balaban J connectivity index is 1.73. The molecule has 7 nitrogen and oxygen atoms in total. The van der Waals surface area contributed by atoms with Crippen LogP contribution in [0.3, 0.4) is 0 Å². The van der Waals surface area contributed by atoms with E-state index >= 15 is 0 Å². The summed E-state index contributed by atoms with van der Waals surface area (Å²) >= 11 is 0. The van der Waals surface area contributed by atoms with Gasteiger partial charge in [0.15, 0.2) is 0 Å². The number of aliphatic imine (C=N–C) groups is 1. The van der Waals surface area contributed by atoms with E-state index in [0.29, 0.717) is 11.3 Å². The molecular weight excluding hydrogens is 388 g/mol. The van der Waals surface area contributed by atoms with E-state index in [9.17, 15) is 13.2 Å². The minimum atomic E-state index is -3.62. The lowest BCUT2D eigenvalue weighted by molar-refractivity contribution is -0.117. The average molecular weight is 415 g/mol. The molecule has 0 saturated carbocycles. The quantitative estimate of drug-likeness (QED) is 0.729. The summed E-state index contributed by atoms with van der Waals surface area (Å²) in [6, 6.07) is 13.5. The summed E-state index contributed by atoms with van der Waals surface area (Å²) in [5, 5.41) is 2.87. The first-order valence-electron chi connectivity index (χ1n) is 9.66. The third-order valence-electron chi connectivity index (χ3n) is 4.86. The van der Waals surface area contributed by atoms with E-state index in [1.165, 1.54) is 6.07 Å². The molecule has 0 fully saturated rings. The summed E-state index contributed by atoms with van der Waals surface area (Å²) in [6.07, 6.45) is 0. The molecular formula is C21H26N4O3S. The number of fused-ring (bicyclic) bond motifs is 1. The first-order chi connectivity index (χ1) is 13.8. The molecule has 1 atom stereocenters. The van der Waals surface area contributed by atoms with Gasteiger partial charge < -0.3 is 5.32 Å². The molecule has 0 radical (unpaired) electrons. The number of carbonyl (C=O) groups excluding carboxylic acids is 1. The number of hydrogen-bond donors (Lipinski definition) is 2. The van der Waals surface area contributed by atoms with Gasteiger partial charge in [-0.1, -0.05) is 38.1 Å². The molecule has 8 heteroatoms. The Morgan fingerprint density at radius 3 is 2.59 bits per heavy atom. The predicted octanol–water partition coefficient (Wildman–Crippen LogP) is 2.59. The van der Waals surface area contributed by atoms with E-state index in [4.69, 9.17) is 0 Å². The number of hydrogen-bond acceptors (Lipinski definition) is 5. The van der Waals surface area contributed by atoms with Crippen molar-refractivity contribution in [1.29, 1.82) is 0 Å². The molecule has 0 spiro atoms. The van der Waals surface area contributed by atoms with Crippen molar-refractivity contribution in [1.82, 2.24) is 9.62 Å². The van der Waals surface area contributed by atoms with Crippen LogP contribution >= 0.6 is 0 Å². The SMILES string of the molecule is CCN(CC)Cc1cccc(NC(=O)[C@H](C)N=C2NS(=O)(=O)c3ccccc32)c1. The lowest BCUT2D eigenvalue weighted by Gasteiger charge is -2.18. The summed E-state index contributed by atoms with van der Waals surface area (Å²) < 4.78 is 26.8. The summed E-state index contributed by atoms with van der Waals surface area (Å²) in [4.78, 5) is 19.4. The van der Waals surface area contributed by atoms with Gasteiger partial charge in [0.2, 0.25) is 5.91 Å². The fourth-order valence-corrected chi connectivity index (χ4v) is 4.42. The van der Waals surface area contributed by atoms with E-state index < -0.39 is 16.1 Å². The van der Waals surface area contributed by atoms with E-state index in [1.54, 1.807) is 25.1 Å². The highest BCUT2D eigenvalue weighted by molar-refractivity contribution is 7.90. The van der Waals surface area contributed by atoms with Crippen molar-refractivity contribution >= 4 is 27.5 Å². The molecule has 0 unspecified atom stereocenters. The van der Waals surface area contributed by atoms with Gasteiger partial charge in [0, 0.05) is 17.8 Å². The molecule has 1 aliphatic heterocycles. The number of amides is 1. The second-order valence-electron chi connectivity index (χ2n) is 6.91. The Morgan fingerprint density at radius 1 is 1.14 bits per heavy atom. The molecule has 29 heavy (non-hydrogen) atoms. The third-order valence-corrected chi connectivity index (χ3v) is 6.26. The topological polar surface area (TPSA) is 90.9 Å². The van der Waals surface area contributed by atoms with Crippen molar-refractivity contribution in [2.24, 2.45) is 4.99 Å².